The number of nitriles is 1. The van der Waals surface area contributed by atoms with E-state index in [1.807, 2.05) is 0 Å². The highest BCUT2D eigenvalue weighted by Crippen LogP contribution is 2.33. The molecule has 0 aliphatic carbocycles. The number of anilines is 1. The summed E-state index contributed by atoms with van der Waals surface area (Å²) in [5.41, 5.74) is -0.234. The van der Waals surface area contributed by atoms with E-state index in [0.717, 1.165) is 17.7 Å². The standard InChI is InChI=1S/C15H10F4N2/c16-12-3-1-10(2-4-12)9-21-13-5-6-14(15(17,18)19)11(7-13)8-20/h1-7,21H,9H2. The van der Waals surface area contributed by atoms with E-state index in [9.17, 15) is 17.6 Å². The maximum Gasteiger partial charge on any atom is 0.417 e. The number of hydrogen-bond acceptors (Lipinski definition) is 2. The fourth-order valence-electron chi connectivity index (χ4n) is 1.80. The summed E-state index contributed by atoms with van der Waals surface area (Å²) in [6, 6.07) is 10.5. The van der Waals surface area contributed by atoms with Gasteiger partial charge in [0.15, 0.2) is 0 Å². The fraction of sp³-hybridized carbons (Fsp3) is 0.133. The number of halogens is 4. The first-order valence-corrected chi connectivity index (χ1v) is 6.00. The lowest BCUT2D eigenvalue weighted by Crippen LogP contribution is -2.08. The van der Waals surface area contributed by atoms with E-state index in [1.165, 1.54) is 24.3 Å². The Bertz CT molecular complexity index is 670. The Morgan fingerprint density at radius 2 is 1.71 bits per heavy atom. The van der Waals surface area contributed by atoms with Crippen LogP contribution < -0.4 is 5.32 Å². The molecule has 21 heavy (non-hydrogen) atoms. The van der Waals surface area contributed by atoms with Crippen molar-refractivity contribution in [3.8, 4) is 6.07 Å². The van der Waals surface area contributed by atoms with Crippen LogP contribution in [-0.4, -0.2) is 0 Å². The van der Waals surface area contributed by atoms with E-state index < -0.39 is 17.3 Å². The number of nitrogens with one attached hydrogen (secondary N) is 1. The molecule has 6 heteroatoms. The molecule has 0 saturated carbocycles. The third-order valence-corrected chi connectivity index (χ3v) is 2.86. The van der Waals surface area contributed by atoms with Crippen molar-refractivity contribution in [1.82, 2.24) is 0 Å². The van der Waals surface area contributed by atoms with Gasteiger partial charge in [0.2, 0.25) is 0 Å². The molecule has 0 bridgehead atoms. The van der Waals surface area contributed by atoms with Crippen LogP contribution in [0.1, 0.15) is 16.7 Å². The van der Waals surface area contributed by atoms with Crippen LogP contribution in [0.4, 0.5) is 23.2 Å². The maximum absolute atomic E-state index is 12.7. The van der Waals surface area contributed by atoms with Crippen LogP contribution in [-0.2, 0) is 12.7 Å². The smallest absolute Gasteiger partial charge is 0.381 e. The number of nitrogens with zero attached hydrogens (tertiary/aromatic N) is 1. The molecule has 0 fully saturated rings. The van der Waals surface area contributed by atoms with Crippen LogP contribution in [0.25, 0.3) is 0 Å². The zero-order valence-electron chi connectivity index (χ0n) is 10.7. The molecule has 0 aliphatic rings. The summed E-state index contributed by atoms with van der Waals surface area (Å²) in [5, 5.41) is 11.7. The van der Waals surface area contributed by atoms with E-state index in [-0.39, 0.29) is 5.82 Å². The Kier molecular flexibility index (Phi) is 4.13. The van der Waals surface area contributed by atoms with Crippen molar-refractivity contribution in [2.24, 2.45) is 0 Å². The van der Waals surface area contributed by atoms with Gasteiger partial charge in [-0.25, -0.2) is 4.39 Å². The fourth-order valence-corrected chi connectivity index (χ4v) is 1.80. The second-order valence-corrected chi connectivity index (χ2v) is 4.35. The molecule has 0 saturated heterocycles. The Morgan fingerprint density at radius 1 is 1.05 bits per heavy atom. The van der Waals surface area contributed by atoms with E-state index in [0.29, 0.717) is 12.2 Å². The molecule has 2 rings (SSSR count). The molecule has 0 aliphatic heterocycles. The molecular formula is C15H10F4N2. The van der Waals surface area contributed by atoms with Gasteiger partial charge in [0, 0.05) is 12.2 Å². The Labute approximate surface area is 118 Å². The molecule has 0 unspecified atom stereocenters. The van der Waals surface area contributed by atoms with Crippen molar-refractivity contribution in [1.29, 1.82) is 5.26 Å². The topological polar surface area (TPSA) is 35.8 Å². The van der Waals surface area contributed by atoms with Crippen LogP contribution in [0, 0.1) is 17.1 Å². The van der Waals surface area contributed by atoms with Gasteiger partial charge >= 0.3 is 6.18 Å². The molecule has 0 spiro atoms. The summed E-state index contributed by atoms with van der Waals surface area (Å²) < 4.78 is 50.7. The SMILES string of the molecule is N#Cc1cc(NCc2ccc(F)cc2)ccc1C(F)(F)F. The minimum atomic E-state index is -4.56. The van der Waals surface area contributed by atoms with Gasteiger partial charge in [-0.3, -0.25) is 0 Å². The third-order valence-electron chi connectivity index (χ3n) is 2.86. The summed E-state index contributed by atoms with van der Waals surface area (Å²) in [7, 11) is 0. The minimum Gasteiger partial charge on any atom is -0.381 e. The Morgan fingerprint density at radius 3 is 2.29 bits per heavy atom. The zero-order valence-corrected chi connectivity index (χ0v) is 10.7. The first-order valence-electron chi connectivity index (χ1n) is 6.00. The van der Waals surface area contributed by atoms with E-state index in [4.69, 9.17) is 5.26 Å². The van der Waals surface area contributed by atoms with Gasteiger partial charge in [-0.15, -0.1) is 0 Å². The van der Waals surface area contributed by atoms with Gasteiger partial charge < -0.3 is 5.32 Å². The Hall–Kier alpha value is -2.55. The van der Waals surface area contributed by atoms with Crippen molar-refractivity contribution in [2.75, 3.05) is 5.32 Å². The molecule has 2 aromatic rings. The lowest BCUT2D eigenvalue weighted by molar-refractivity contribution is -0.137. The average Bonchev–Trinajstić information content (AvgIpc) is 2.45. The molecule has 108 valence electrons. The van der Waals surface area contributed by atoms with Crippen molar-refractivity contribution < 1.29 is 17.6 Å². The zero-order chi connectivity index (χ0) is 15.5. The highest BCUT2D eigenvalue weighted by atomic mass is 19.4. The lowest BCUT2D eigenvalue weighted by atomic mass is 10.1. The molecule has 2 aromatic carbocycles. The van der Waals surface area contributed by atoms with Crippen LogP contribution >= 0.6 is 0 Å². The first kappa shape index (κ1) is 14.9. The van der Waals surface area contributed by atoms with Gasteiger partial charge in [-0.05, 0) is 35.9 Å². The van der Waals surface area contributed by atoms with Crippen molar-refractivity contribution in [2.45, 2.75) is 12.7 Å². The van der Waals surface area contributed by atoms with Gasteiger partial charge in [-0.2, -0.15) is 18.4 Å². The van der Waals surface area contributed by atoms with Crippen LogP contribution in [0.3, 0.4) is 0 Å². The van der Waals surface area contributed by atoms with E-state index >= 15 is 0 Å². The number of hydrogen-bond donors (Lipinski definition) is 1. The summed E-state index contributed by atoms with van der Waals surface area (Å²) in [5.74, 6) is -0.361. The van der Waals surface area contributed by atoms with Crippen molar-refractivity contribution >= 4 is 5.69 Å². The second-order valence-electron chi connectivity index (χ2n) is 4.35. The molecule has 1 N–H and O–H groups in total. The van der Waals surface area contributed by atoms with Crippen molar-refractivity contribution in [3.05, 3.63) is 65.0 Å². The summed E-state index contributed by atoms with van der Waals surface area (Å²) >= 11 is 0. The van der Waals surface area contributed by atoms with E-state index in [1.54, 1.807) is 12.1 Å². The normalized spacial score (nSPS) is 11.0. The summed E-state index contributed by atoms with van der Waals surface area (Å²) in [6.07, 6.45) is -4.56. The predicted molar refractivity (Wildman–Crippen MR) is 69.9 cm³/mol. The monoisotopic (exact) mass is 294 g/mol. The lowest BCUT2D eigenvalue weighted by Gasteiger charge is -2.11. The molecule has 0 atom stereocenters. The predicted octanol–water partition coefficient (Wildman–Crippen LogP) is 4.33. The molecule has 0 aromatic heterocycles. The van der Waals surface area contributed by atoms with E-state index in [2.05, 4.69) is 5.32 Å². The molecule has 0 radical (unpaired) electrons. The quantitative estimate of drug-likeness (QED) is 0.855. The van der Waals surface area contributed by atoms with Crippen LogP contribution in [0.15, 0.2) is 42.5 Å². The highest BCUT2D eigenvalue weighted by molar-refractivity contribution is 5.53. The Balaban J connectivity index is 2.15. The van der Waals surface area contributed by atoms with Crippen molar-refractivity contribution in [3.63, 3.8) is 0 Å². The van der Waals surface area contributed by atoms with Gasteiger partial charge in [0.25, 0.3) is 0 Å². The molecule has 2 nitrogen and oxygen atoms in total. The number of benzene rings is 2. The van der Waals surface area contributed by atoms with Gasteiger partial charge in [0.1, 0.15) is 5.82 Å². The molecule has 0 amide bonds. The highest BCUT2D eigenvalue weighted by Gasteiger charge is 2.33. The van der Waals surface area contributed by atoms with Gasteiger partial charge in [0.05, 0.1) is 17.2 Å². The maximum atomic E-state index is 12.7. The molecular weight excluding hydrogens is 284 g/mol. The number of alkyl halides is 3. The largest absolute Gasteiger partial charge is 0.417 e. The second kappa shape index (κ2) is 5.83. The first-order chi connectivity index (χ1) is 9.90. The van der Waals surface area contributed by atoms with Crippen LogP contribution in [0.5, 0.6) is 0 Å². The number of rotatable bonds is 3. The minimum absolute atomic E-state index is 0.316. The molecule has 0 heterocycles. The van der Waals surface area contributed by atoms with Crippen LogP contribution in [0.2, 0.25) is 0 Å². The van der Waals surface area contributed by atoms with Gasteiger partial charge in [-0.1, -0.05) is 12.1 Å². The summed E-state index contributed by atoms with van der Waals surface area (Å²) in [4.78, 5) is 0. The third kappa shape index (κ3) is 3.72. The summed E-state index contributed by atoms with van der Waals surface area (Å²) in [6.45, 7) is 0.316. The average molecular weight is 294 g/mol.